The van der Waals surface area contributed by atoms with Gasteiger partial charge in [-0.25, -0.2) is 9.37 Å². The summed E-state index contributed by atoms with van der Waals surface area (Å²) in [4.78, 5) is 18.7. The lowest BCUT2D eigenvalue weighted by atomic mass is 10.2. The fourth-order valence-electron chi connectivity index (χ4n) is 2.47. The van der Waals surface area contributed by atoms with E-state index in [1.54, 1.807) is 36.4 Å². The number of ether oxygens (including phenoxy) is 3. The molecular weight excluding hydrogens is 403 g/mol. The molecule has 0 radical (unpaired) electrons. The first-order valence-electron chi connectivity index (χ1n) is 8.30. The number of halogens is 1. The molecule has 1 aliphatic rings. The summed E-state index contributed by atoms with van der Waals surface area (Å²) >= 11 is 0.871. The van der Waals surface area contributed by atoms with E-state index in [9.17, 15) is 14.5 Å². The molecule has 0 saturated carbocycles. The van der Waals surface area contributed by atoms with Crippen molar-refractivity contribution in [1.82, 2.24) is 9.97 Å². The molecule has 4 rings (SSSR count). The molecule has 29 heavy (non-hydrogen) atoms. The molecule has 9 nitrogen and oxygen atoms in total. The second kappa shape index (κ2) is 8.19. The van der Waals surface area contributed by atoms with E-state index in [1.807, 2.05) is 0 Å². The van der Waals surface area contributed by atoms with Crippen molar-refractivity contribution in [2.75, 3.05) is 11.5 Å². The quantitative estimate of drug-likeness (QED) is 0.348. The Balaban J connectivity index is 1.43. The molecule has 0 saturated heterocycles. The average Bonchev–Trinajstić information content (AvgIpc) is 3.20. The molecule has 0 unspecified atom stereocenters. The Kier molecular flexibility index (Phi) is 5.29. The highest BCUT2D eigenvalue weighted by molar-refractivity contribution is 8.00. The van der Waals surface area contributed by atoms with Crippen LogP contribution in [-0.4, -0.2) is 21.7 Å². The Hall–Kier alpha value is -3.60. The fourth-order valence-corrected chi connectivity index (χ4v) is 3.21. The Bertz CT molecular complexity index is 1070. The highest BCUT2D eigenvalue weighted by Crippen LogP contribution is 2.33. The first kappa shape index (κ1) is 18.7. The van der Waals surface area contributed by atoms with Crippen LogP contribution >= 0.6 is 11.9 Å². The average molecular weight is 416 g/mol. The molecule has 1 N–H and O–H groups in total. The van der Waals surface area contributed by atoms with E-state index in [4.69, 9.17) is 14.2 Å². The van der Waals surface area contributed by atoms with Gasteiger partial charge in [0.25, 0.3) is 5.69 Å². The van der Waals surface area contributed by atoms with Crippen LogP contribution in [0.25, 0.3) is 0 Å². The Morgan fingerprint density at radius 2 is 2.07 bits per heavy atom. The molecule has 2 heterocycles. The summed E-state index contributed by atoms with van der Waals surface area (Å²) < 4.78 is 32.8. The van der Waals surface area contributed by atoms with Gasteiger partial charge < -0.3 is 18.9 Å². The minimum atomic E-state index is -0.716. The van der Waals surface area contributed by atoms with Gasteiger partial charge in [-0.1, -0.05) is 18.2 Å². The zero-order valence-electron chi connectivity index (χ0n) is 14.7. The van der Waals surface area contributed by atoms with Crippen molar-refractivity contribution in [2.24, 2.45) is 0 Å². The van der Waals surface area contributed by atoms with Gasteiger partial charge in [-0.15, -0.1) is 0 Å². The third-order valence-electron chi connectivity index (χ3n) is 3.85. The van der Waals surface area contributed by atoms with Gasteiger partial charge in [0.05, 0.1) is 11.1 Å². The van der Waals surface area contributed by atoms with Gasteiger partial charge in [-0.2, -0.15) is 4.98 Å². The number of nitro groups is 1. The maximum Gasteiger partial charge on any atom is 0.318 e. The minimum absolute atomic E-state index is 0.0465. The zero-order chi connectivity index (χ0) is 20.2. The van der Waals surface area contributed by atoms with Crippen molar-refractivity contribution in [3.8, 4) is 17.5 Å². The van der Waals surface area contributed by atoms with E-state index in [-0.39, 0.29) is 30.9 Å². The fraction of sp³-hybridized carbons (Fsp3) is 0.111. The summed E-state index contributed by atoms with van der Waals surface area (Å²) in [7, 11) is 0. The summed E-state index contributed by atoms with van der Waals surface area (Å²) in [5.74, 6) is 0.412. The topological polar surface area (TPSA) is 109 Å². The maximum absolute atomic E-state index is 14.0. The largest absolute Gasteiger partial charge is 0.459 e. The van der Waals surface area contributed by atoms with Crippen LogP contribution in [0.3, 0.4) is 0 Å². The number of nitrogens with one attached hydrogen (secondary N) is 1. The number of benzene rings is 2. The van der Waals surface area contributed by atoms with Gasteiger partial charge >= 0.3 is 6.01 Å². The number of hydrogen-bond donors (Lipinski definition) is 1. The van der Waals surface area contributed by atoms with Crippen molar-refractivity contribution in [3.05, 3.63) is 70.2 Å². The molecule has 0 spiro atoms. The van der Waals surface area contributed by atoms with Gasteiger partial charge in [0, 0.05) is 6.07 Å². The second-order valence-corrected chi connectivity index (χ2v) is 6.60. The zero-order valence-corrected chi connectivity index (χ0v) is 15.5. The number of rotatable bonds is 7. The molecule has 0 amide bonds. The normalized spacial score (nSPS) is 11.9. The van der Waals surface area contributed by atoms with Crippen molar-refractivity contribution < 1.29 is 23.5 Å². The van der Waals surface area contributed by atoms with Crippen LogP contribution in [0, 0.1) is 15.9 Å². The molecule has 1 aliphatic heterocycles. The monoisotopic (exact) mass is 416 g/mol. The third kappa shape index (κ3) is 4.29. The Morgan fingerprint density at radius 3 is 2.93 bits per heavy atom. The van der Waals surface area contributed by atoms with Crippen LogP contribution in [0.5, 0.6) is 17.5 Å². The predicted molar refractivity (Wildman–Crippen MR) is 101 cm³/mol. The molecule has 0 aliphatic carbocycles. The molecular formula is C18H13FN4O5S. The molecule has 3 aromatic rings. The number of anilines is 1. The van der Waals surface area contributed by atoms with E-state index in [2.05, 4.69) is 14.7 Å². The summed E-state index contributed by atoms with van der Waals surface area (Å²) in [6, 6.07) is 11.4. The summed E-state index contributed by atoms with van der Waals surface area (Å²) in [6.45, 7) is 0.312. The SMILES string of the molecule is O=[N+]([O-])c1ccccc1SNc1nc(OCc2ccc3c(c2)OCO3)ncc1F. The van der Waals surface area contributed by atoms with Crippen molar-refractivity contribution in [2.45, 2.75) is 11.5 Å². The molecule has 2 aromatic carbocycles. The lowest BCUT2D eigenvalue weighted by molar-refractivity contribution is -0.387. The number of nitrogens with zero attached hydrogens (tertiary/aromatic N) is 3. The Labute approximate surface area is 168 Å². The van der Waals surface area contributed by atoms with Crippen molar-refractivity contribution in [1.29, 1.82) is 0 Å². The minimum Gasteiger partial charge on any atom is -0.459 e. The summed E-state index contributed by atoms with van der Waals surface area (Å²) in [5, 5.41) is 11.1. The van der Waals surface area contributed by atoms with E-state index in [0.717, 1.165) is 23.7 Å². The highest BCUT2D eigenvalue weighted by Gasteiger charge is 2.16. The standard InChI is InChI=1S/C18H13FN4O5S/c19-12-8-20-18(26-9-11-5-6-14-15(7-11)28-10-27-14)21-17(12)22-29-16-4-2-1-3-13(16)23(24)25/h1-8H,9-10H2,(H,20,21,22). The molecule has 0 atom stereocenters. The van der Waals surface area contributed by atoms with Crippen LogP contribution in [0.1, 0.15) is 5.56 Å². The lowest BCUT2D eigenvalue weighted by Crippen LogP contribution is -2.03. The second-order valence-electron chi connectivity index (χ2n) is 5.75. The van der Waals surface area contributed by atoms with E-state index < -0.39 is 10.7 Å². The van der Waals surface area contributed by atoms with Crippen molar-refractivity contribution >= 4 is 23.5 Å². The van der Waals surface area contributed by atoms with E-state index in [0.29, 0.717) is 16.4 Å². The van der Waals surface area contributed by atoms with Gasteiger partial charge in [-0.3, -0.25) is 10.1 Å². The number of nitro benzene ring substituents is 1. The van der Waals surface area contributed by atoms with Crippen LogP contribution in [0.15, 0.2) is 53.6 Å². The molecule has 0 fully saturated rings. The number of para-hydroxylation sites is 1. The van der Waals surface area contributed by atoms with Gasteiger partial charge in [0.1, 0.15) is 11.5 Å². The molecule has 0 bridgehead atoms. The smallest absolute Gasteiger partial charge is 0.318 e. The van der Waals surface area contributed by atoms with Crippen LogP contribution in [0.4, 0.5) is 15.9 Å². The van der Waals surface area contributed by atoms with Crippen molar-refractivity contribution in [3.63, 3.8) is 0 Å². The van der Waals surface area contributed by atoms with Crippen LogP contribution in [0.2, 0.25) is 0 Å². The highest BCUT2D eigenvalue weighted by atomic mass is 32.2. The van der Waals surface area contributed by atoms with Gasteiger partial charge in [-0.05, 0) is 35.7 Å². The van der Waals surface area contributed by atoms with Gasteiger partial charge in [0.15, 0.2) is 23.1 Å². The first-order valence-corrected chi connectivity index (χ1v) is 9.12. The molecule has 148 valence electrons. The number of fused-ring (bicyclic) bond motifs is 1. The number of aromatic nitrogens is 2. The predicted octanol–water partition coefficient (Wildman–Crippen LogP) is 3.95. The van der Waals surface area contributed by atoms with E-state index >= 15 is 0 Å². The third-order valence-corrected chi connectivity index (χ3v) is 4.71. The number of hydrogen-bond acceptors (Lipinski definition) is 9. The van der Waals surface area contributed by atoms with Crippen LogP contribution in [-0.2, 0) is 6.61 Å². The molecule has 1 aromatic heterocycles. The van der Waals surface area contributed by atoms with Crippen LogP contribution < -0.4 is 18.9 Å². The van der Waals surface area contributed by atoms with E-state index in [1.165, 1.54) is 6.07 Å². The van der Waals surface area contributed by atoms with Gasteiger partial charge in [0.2, 0.25) is 6.79 Å². The first-order chi connectivity index (χ1) is 14.1. The summed E-state index contributed by atoms with van der Waals surface area (Å²) in [6.07, 6.45) is 0.963. The lowest BCUT2D eigenvalue weighted by Gasteiger charge is -2.09. The Morgan fingerprint density at radius 1 is 1.24 bits per heavy atom. The maximum atomic E-state index is 14.0. The summed E-state index contributed by atoms with van der Waals surface area (Å²) in [5.41, 5.74) is 0.699. The molecule has 11 heteroatoms.